The molecule has 1 aromatic heterocycles. The first-order valence-electron chi connectivity index (χ1n) is 4.80. The van der Waals surface area contributed by atoms with Crippen LogP contribution in [0.4, 0.5) is 0 Å². The van der Waals surface area contributed by atoms with Crippen LogP contribution in [0, 0.1) is 0 Å². The van der Waals surface area contributed by atoms with Crippen LogP contribution in [0.1, 0.15) is 25.8 Å². The van der Waals surface area contributed by atoms with Gasteiger partial charge in [0, 0.05) is 19.0 Å². The van der Waals surface area contributed by atoms with Crippen molar-refractivity contribution in [1.82, 2.24) is 4.90 Å². The molecule has 1 rings (SSSR count). The summed E-state index contributed by atoms with van der Waals surface area (Å²) in [6.45, 7) is 4.67. The van der Waals surface area contributed by atoms with Crippen LogP contribution in [0.15, 0.2) is 16.8 Å². The highest BCUT2D eigenvalue weighted by atomic mass is 32.1. The number of thiophene rings is 1. The molecule has 0 fully saturated rings. The van der Waals surface area contributed by atoms with E-state index < -0.39 is 0 Å². The Labute approximate surface area is 89.5 Å². The SMILES string of the molecule is CC(=O)CC(C)N(C)Cc1ccsc1. The number of carbonyl (C=O) groups excluding carboxylic acids is 1. The van der Waals surface area contributed by atoms with E-state index in [9.17, 15) is 4.79 Å². The molecule has 0 bridgehead atoms. The molecule has 1 unspecified atom stereocenters. The molecule has 0 N–H and O–H groups in total. The molecule has 78 valence electrons. The summed E-state index contributed by atoms with van der Waals surface area (Å²) in [4.78, 5) is 13.1. The van der Waals surface area contributed by atoms with Crippen LogP contribution in [-0.4, -0.2) is 23.8 Å². The summed E-state index contributed by atoms with van der Waals surface area (Å²) >= 11 is 1.71. The van der Waals surface area contributed by atoms with Crippen molar-refractivity contribution in [2.24, 2.45) is 0 Å². The van der Waals surface area contributed by atoms with Crippen LogP contribution in [0.5, 0.6) is 0 Å². The van der Waals surface area contributed by atoms with Gasteiger partial charge in [0.2, 0.25) is 0 Å². The molecule has 0 aliphatic carbocycles. The Kier molecular flexibility index (Phi) is 4.29. The van der Waals surface area contributed by atoms with Crippen LogP contribution in [0.2, 0.25) is 0 Å². The van der Waals surface area contributed by atoms with Crippen molar-refractivity contribution in [1.29, 1.82) is 0 Å². The molecule has 0 radical (unpaired) electrons. The molecule has 0 spiro atoms. The second-order valence-electron chi connectivity index (χ2n) is 3.80. The van der Waals surface area contributed by atoms with Crippen molar-refractivity contribution < 1.29 is 4.79 Å². The maximum Gasteiger partial charge on any atom is 0.131 e. The average molecular weight is 211 g/mol. The van der Waals surface area contributed by atoms with Gasteiger partial charge in [-0.25, -0.2) is 0 Å². The fourth-order valence-electron chi connectivity index (χ4n) is 1.40. The van der Waals surface area contributed by atoms with Gasteiger partial charge in [0.1, 0.15) is 5.78 Å². The van der Waals surface area contributed by atoms with E-state index in [0.717, 1.165) is 6.54 Å². The van der Waals surface area contributed by atoms with Gasteiger partial charge in [-0.2, -0.15) is 11.3 Å². The van der Waals surface area contributed by atoms with Gasteiger partial charge in [0.15, 0.2) is 0 Å². The van der Waals surface area contributed by atoms with E-state index in [0.29, 0.717) is 12.5 Å². The van der Waals surface area contributed by atoms with Crippen molar-refractivity contribution in [2.45, 2.75) is 32.9 Å². The largest absolute Gasteiger partial charge is 0.300 e. The first kappa shape index (κ1) is 11.4. The van der Waals surface area contributed by atoms with Gasteiger partial charge in [0.25, 0.3) is 0 Å². The molecule has 0 aromatic carbocycles. The summed E-state index contributed by atoms with van der Waals surface area (Å²) in [6, 6.07) is 2.45. The second-order valence-corrected chi connectivity index (χ2v) is 4.58. The zero-order valence-corrected chi connectivity index (χ0v) is 9.80. The molecule has 14 heavy (non-hydrogen) atoms. The van der Waals surface area contributed by atoms with E-state index in [2.05, 4.69) is 35.7 Å². The van der Waals surface area contributed by atoms with Crippen molar-refractivity contribution in [3.8, 4) is 0 Å². The van der Waals surface area contributed by atoms with Gasteiger partial charge >= 0.3 is 0 Å². The molecule has 0 saturated heterocycles. The number of hydrogen-bond donors (Lipinski definition) is 0. The van der Waals surface area contributed by atoms with Gasteiger partial charge in [0.05, 0.1) is 0 Å². The summed E-state index contributed by atoms with van der Waals surface area (Å²) in [5, 5.41) is 4.23. The Hall–Kier alpha value is -0.670. The maximum atomic E-state index is 10.9. The zero-order chi connectivity index (χ0) is 10.6. The monoisotopic (exact) mass is 211 g/mol. The quantitative estimate of drug-likeness (QED) is 0.746. The molecule has 1 heterocycles. The summed E-state index contributed by atoms with van der Waals surface area (Å²) in [6.07, 6.45) is 0.640. The number of ketones is 1. The first-order chi connectivity index (χ1) is 6.59. The Morgan fingerprint density at radius 3 is 2.86 bits per heavy atom. The van der Waals surface area contributed by atoms with Crippen molar-refractivity contribution >= 4 is 17.1 Å². The molecule has 1 atom stereocenters. The topological polar surface area (TPSA) is 20.3 Å². The lowest BCUT2D eigenvalue weighted by Gasteiger charge is -2.23. The summed E-state index contributed by atoms with van der Waals surface area (Å²) in [5.74, 6) is 0.259. The lowest BCUT2D eigenvalue weighted by molar-refractivity contribution is -0.118. The number of nitrogens with zero attached hydrogens (tertiary/aromatic N) is 1. The van der Waals surface area contributed by atoms with Crippen LogP contribution in [0.25, 0.3) is 0 Å². The maximum absolute atomic E-state index is 10.9. The third-order valence-corrected chi connectivity index (χ3v) is 3.08. The molecule has 2 nitrogen and oxygen atoms in total. The fraction of sp³-hybridized carbons (Fsp3) is 0.545. The van der Waals surface area contributed by atoms with Gasteiger partial charge in [-0.3, -0.25) is 9.69 Å². The Morgan fingerprint density at radius 1 is 1.64 bits per heavy atom. The Balaban J connectivity index is 2.41. The molecule has 0 amide bonds. The lowest BCUT2D eigenvalue weighted by atomic mass is 10.1. The van der Waals surface area contributed by atoms with E-state index >= 15 is 0 Å². The van der Waals surface area contributed by atoms with Gasteiger partial charge < -0.3 is 0 Å². The molecule has 0 saturated carbocycles. The highest BCUT2D eigenvalue weighted by Gasteiger charge is 2.11. The Bertz CT molecular complexity index is 281. The number of rotatable bonds is 5. The summed E-state index contributed by atoms with van der Waals surface area (Å²) in [7, 11) is 2.06. The standard InChI is InChI=1S/C11H17NOS/c1-9(6-10(2)13)12(3)7-11-4-5-14-8-11/h4-5,8-9H,6-7H2,1-3H3. The fourth-order valence-corrected chi connectivity index (χ4v) is 2.06. The van der Waals surface area contributed by atoms with Gasteiger partial charge in [-0.05, 0) is 43.3 Å². The van der Waals surface area contributed by atoms with Gasteiger partial charge in [-0.1, -0.05) is 0 Å². The van der Waals surface area contributed by atoms with Crippen molar-refractivity contribution in [3.63, 3.8) is 0 Å². The number of hydrogen-bond acceptors (Lipinski definition) is 3. The Morgan fingerprint density at radius 2 is 2.36 bits per heavy atom. The van der Waals surface area contributed by atoms with Crippen LogP contribution >= 0.6 is 11.3 Å². The lowest BCUT2D eigenvalue weighted by Crippen LogP contribution is -2.29. The summed E-state index contributed by atoms with van der Waals surface area (Å²) in [5.41, 5.74) is 1.33. The molecular formula is C11H17NOS. The van der Waals surface area contributed by atoms with Crippen LogP contribution in [0.3, 0.4) is 0 Å². The summed E-state index contributed by atoms with van der Waals surface area (Å²) < 4.78 is 0. The van der Waals surface area contributed by atoms with Gasteiger partial charge in [-0.15, -0.1) is 0 Å². The first-order valence-corrected chi connectivity index (χ1v) is 5.74. The zero-order valence-electron chi connectivity index (χ0n) is 8.99. The predicted molar refractivity (Wildman–Crippen MR) is 60.5 cm³/mol. The third kappa shape index (κ3) is 3.60. The van der Waals surface area contributed by atoms with Crippen LogP contribution in [-0.2, 0) is 11.3 Å². The molecule has 0 aliphatic heterocycles. The minimum absolute atomic E-state index is 0.259. The van der Waals surface area contributed by atoms with E-state index in [1.165, 1.54) is 5.56 Å². The highest BCUT2D eigenvalue weighted by molar-refractivity contribution is 7.07. The third-order valence-electron chi connectivity index (χ3n) is 2.35. The molecule has 0 aliphatic rings. The molecule has 3 heteroatoms. The normalized spacial score (nSPS) is 13.1. The number of carbonyl (C=O) groups is 1. The smallest absolute Gasteiger partial charge is 0.131 e. The molecular weight excluding hydrogens is 194 g/mol. The van der Waals surface area contributed by atoms with Crippen LogP contribution < -0.4 is 0 Å². The second kappa shape index (κ2) is 5.27. The van der Waals surface area contributed by atoms with E-state index in [4.69, 9.17) is 0 Å². The number of Topliss-reactive ketones (excluding diaryl/α,β-unsaturated/α-hetero) is 1. The minimum atomic E-state index is 0.259. The average Bonchev–Trinajstić information content (AvgIpc) is 2.55. The molecule has 1 aromatic rings. The minimum Gasteiger partial charge on any atom is -0.300 e. The highest BCUT2D eigenvalue weighted by Crippen LogP contribution is 2.11. The van der Waals surface area contributed by atoms with E-state index in [1.807, 2.05) is 0 Å². The van der Waals surface area contributed by atoms with Crippen molar-refractivity contribution in [3.05, 3.63) is 22.4 Å². The predicted octanol–water partition coefficient (Wildman–Crippen LogP) is 2.55. The van der Waals surface area contributed by atoms with Crippen molar-refractivity contribution in [2.75, 3.05) is 7.05 Å². The van der Waals surface area contributed by atoms with E-state index in [-0.39, 0.29) is 5.78 Å². The van der Waals surface area contributed by atoms with E-state index in [1.54, 1.807) is 18.3 Å².